The molecule has 1 aromatic heterocycles. The molecule has 0 aliphatic carbocycles. The number of aromatic nitrogens is 1. The molecular weight excluding hydrogens is 248 g/mol. The number of carbonyl (C=O) groups is 2. The number of hydrogen-bond acceptors (Lipinski definition) is 5. The van der Waals surface area contributed by atoms with Gasteiger partial charge >= 0.3 is 12.1 Å². The number of alkyl carbamates (subject to hydrolysis) is 1. The first kappa shape index (κ1) is 14.9. The highest BCUT2D eigenvalue weighted by Gasteiger charge is 2.22. The third-order valence-corrected chi connectivity index (χ3v) is 1.93. The Hall–Kier alpha value is -2.11. The van der Waals surface area contributed by atoms with Crippen molar-refractivity contribution in [3.05, 3.63) is 24.4 Å². The summed E-state index contributed by atoms with van der Waals surface area (Å²) in [6.07, 6.45) is 0.840. The molecule has 0 spiro atoms. The molecule has 1 heterocycles. The van der Waals surface area contributed by atoms with Crippen molar-refractivity contribution in [2.24, 2.45) is 0 Å². The Morgan fingerprint density at radius 2 is 2.00 bits per heavy atom. The van der Waals surface area contributed by atoms with E-state index in [0.29, 0.717) is 0 Å². The van der Waals surface area contributed by atoms with Gasteiger partial charge in [-0.1, -0.05) is 6.07 Å². The smallest absolute Gasteiger partial charge is 0.408 e. The van der Waals surface area contributed by atoms with Crippen LogP contribution in [-0.4, -0.2) is 28.7 Å². The second-order valence-corrected chi connectivity index (χ2v) is 4.96. The Morgan fingerprint density at radius 3 is 2.53 bits per heavy atom. The lowest BCUT2D eigenvalue weighted by molar-refractivity contribution is -0.136. The fourth-order valence-electron chi connectivity index (χ4n) is 1.14. The lowest BCUT2D eigenvalue weighted by atomic mass is 10.2. The van der Waals surface area contributed by atoms with E-state index in [1.165, 1.54) is 13.1 Å². The Balaban J connectivity index is 2.47. The molecule has 0 bridgehead atoms. The molecule has 6 heteroatoms. The van der Waals surface area contributed by atoms with Gasteiger partial charge in [0.15, 0.2) is 0 Å². The van der Waals surface area contributed by atoms with Crippen LogP contribution in [0.2, 0.25) is 0 Å². The molecule has 0 radical (unpaired) electrons. The van der Waals surface area contributed by atoms with Crippen LogP contribution in [0.4, 0.5) is 4.79 Å². The van der Waals surface area contributed by atoms with E-state index in [-0.39, 0.29) is 5.88 Å². The molecule has 0 aliphatic heterocycles. The number of pyridine rings is 1. The predicted octanol–water partition coefficient (Wildman–Crippen LogP) is 1.90. The average molecular weight is 266 g/mol. The lowest BCUT2D eigenvalue weighted by Crippen LogP contribution is -2.43. The number of hydrogen-bond donors (Lipinski definition) is 1. The van der Waals surface area contributed by atoms with Crippen molar-refractivity contribution < 1.29 is 19.1 Å². The monoisotopic (exact) mass is 266 g/mol. The van der Waals surface area contributed by atoms with E-state index in [9.17, 15) is 9.59 Å². The maximum Gasteiger partial charge on any atom is 0.408 e. The van der Waals surface area contributed by atoms with Gasteiger partial charge in [0, 0.05) is 12.3 Å². The zero-order valence-electron chi connectivity index (χ0n) is 11.5. The van der Waals surface area contributed by atoms with Crippen molar-refractivity contribution in [1.82, 2.24) is 10.3 Å². The summed E-state index contributed by atoms with van der Waals surface area (Å²) in [6.45, 7) is 6.73. The van der Waals surface area contributed by atoms with Gasteiger partial charge in [0.05, 0.1) is 0 Å². The van der Waals surface area contributed by atoms with Crippen molar-refractivity contribution in [3.8, 4) is 5.88 Å². The minimum atomic E-state index is -0.822. The molecule has 1 N–H and O–H groups in total. The van der Waals surface area contributed by atoms with E-state index >= 15 is 0 Å². The van der Waals surface area contributed by atoms with E-state index in [4.69, 9.17) is 9.47 Å². The summed E-state index contributed by atoms with van der Waals surface area (Å²) in [6, 6.07) is 4.14. The standard InChI is InChI=1S/C13H18N2O4/c1-9(15-12(17)19-13(2,3)4)11(16)18-10-7-5-6-8-14-10/h5-9H,1-4H3,(H,15,17)/t9-/m0/s1. The van der Waals surface area contributed by atoms with Crippen molar-refractivity contribution in [2.75, 3.05) is 0 Å². The van der Waals surface area contributed by atoms with Gasteiger partial charge in [0.1, 0.15) is 11.6 Å². The second kappa shape index (κ2) is 6.17. The van der Waals surface area contributed by atoms with Crippen LogP contribution in [0.5, 0.6) is 5.88 Å². The Labute approximate surface area is 112 Å². The summed E-state index contributed by atoms with van der Waals surface area (Å²) in [4.78, 5) is 27.0. The lowest BCUT2D eigenvalue weighted by Gasteiger charge is -2.21. The Bertz CT molecular complexity index is 440. The highest BCUT2D eigenvalue weighted by molar-refractivity contribution is 5.82. The van der Waals surface area contributed by atoms with E-state index in [1.54, 1.807) is 39.0 Å². The first-order valence-electron chi connectivity index (χ1n) is 5.90. The maximum absolute atomic E-state index is 11.7. The summed E-state index contributed by atoms with van der Waals surface area (Å²) in [5.41, 5.74) is -0.616. The van der Waals surface area contributed by atoms with Crippen LogP contribution in [0.3, 0.4) is 0 Å². The van der Waals surface area contributed by atoms with Crippen molar-refractivity contribution in [1.29, 1.82) is 0 Å². The fraction of sp³-hybridized carbons (Fsp3) is 0.462. The Morgan fingerprint density at radius 1 is 1.32 bits per heavy atom. The Kier molecular flexibility index (Phi) is 4.86. The van der Waals surface area contributed by atoms with Crippen LogP contribution in [0.25, 0.3) is 0 Å². The predicted molar refractivity (Wildman–Crippen MR) is 68.7 cm³/mol. The molecular formula is C13H18N2O4. The van der Waals surface area contributed by atoms with Crippen LogP contribution >= 0.6 is 0 Å². The van der Waals surface area contributed by atoms with Crippen LogP contribution in [0.15, 0.2) is 24.4 Å². The number of esters is 1. The fourth-order valence-corrected chi connectivity index (χ4v) is 1.14. The maximum atomic E-state index is 11.7. The second-order valence-electron chi connectivity index (χ2n) is 4.96. The molecule has 19 heavy (non-hydrogen) atoms. The number of nitrogens with zero attached hydrogens (tertiary/aromatic N) is 1. The molecule has 1 atom stereocenters. The number of carbonyl (C=O) groups excluding carboxylic acids is 2. The highest BCUT2D eigenvalue weighted by atomic mass is 16.6. The molecule has 0 fully saturated rings. The van der Waals surface area contributed by atoms with Crippen molar-refractivity contribution in [2.45, 2.75) is 39.3 Å². The molecule has 0 aromatic carbocycles. The van der Waals surface area contributed by atoms with Gasteiger partial charge in [-0.2, -0.15) is 0 Å². The number of rotatable bonds is 3. The third-order valence-electron chi connectivity index (χ3n) is 1.93. The van der Waals surface area contributed by atoms with Crippen LogP contribution in [0.1, 0.15) is 27.7 Å². The average Bonchev–Trinajstić information content (AvgIpc) is 2.27. The molecule has 0 saturated carbocycles. The van der Waals surface area contributed by atoms with E-state index in [1.807, 2.05) is 0 Å². The van der Waals surface area contributed by atoms with Gasteiger partial charge in [0.25, 0.3) is 0 Å². The van der Waals surface area contributed by atoms with Gasteiger partial charge < -0.3 is 14.8 Å². The van der Waals surface area contributed by atoms with Crippen molar-refractivity contribution >= 4 is 12.1 Å². The van der Waals surface area contributed by atoms with E-state index in [2.05, 4.69) is 10.3 Å². The summed E-state index contributed by atoms with van der Waals surface area (Å²) in [5, 5.41) is 2.39. The van der Waals surface area contributed by atoms with E-state index < -0.39 is 23.7 Å². The van der Waals surface area contributed by atoms with Crippen LogP contribution < -0.4 is 10.1 Å². The van der Waals surface area contributed by atoms with Gasteiger partial charge in [0.2, 0.25) is 5.88 Å². The van der Waals surface area contributed by atoms with Crippen LogP contribution in [-0.2, 0) is 9.53 Å². The summed E-state index contributed by atoms with van der Waals surface area (Å²) in [5.74, 6) is -0.421. The minimum Gasteiger partial charge on any atom is -0.444 e. The summed E-state index contributed by atoms with van der Waals surface area (Å²) in [7, 11) is 0. The van der Waals surface area contributed by atoms with Gasteiger partial charge in [-0.05, 0) is 33.8 Å². The quantitative estimate of drug-likeness (QED) is 0.845. The molecule has 1 amide bonds. The third kappa shape index (κ3) is 5.85. The first-order valence-corrected chi connectivity index (χ1v) is 5.90. The normalized spacial score (nSPS) is 12.4. The van der Waals surface area contributed by atoms with Gasteiger partial charge in [-0.25, -0.2) is 14.6 Å². The zero-order valence-corrected chi connectivity index (χ0v) is 11.5. The van der Waals surface area contributed by atoms with E-state index in [0.717, 1.165) is 0 Å². The molecule has 1 rings (SSSR count). The number of nitrogens with one attached hydrogen (secondary N) is 1. The summed E-state index contributed by atoms with van der Waals surface area (Å²) < 4.78 is 10.0. The molecule has 0 saturated heterocycles. The first-order chi connectivity index (χ1) is 8.78. The number of ether oxygens (including phenoxy) is 2. The summed E-state index contributed by atoms with van der Waals surface area (Å²) >= 11 is 0. The topological polar surface area (TPSA) is 77.5 Å². The molecule has 1 aromatic rings. The largest absolute Gasteiger partial charge is 0.444 e. The zero-order chi connectivity index (χ0) is 14.5. The molecule has 0 unspecified atom stereocenters. The number of amides is 1. The van der Waals surface area contributed by atoms with Crippen molar-refractivity contribution in [3.63, 3.8) is 0 Å². The highest BCUT2D eigenvalue weighted by Crippen LogP contribution is 2.08. The van der Waals surface area contributed by atoms with Crippen LogP contribution in [0, 0.1) is 0 Å². The molecule has 104 valence electrons. The van der Waals surface area contributed by atoms with Gasteiger partial charge in [-0.15, -0.1) is 0 Å². The minimum absolute atomic E-state index is 0.185. The van der Waals surface area contributed by atoms with Gasteiger partial charge in [-0.3, -0.25) is 0 Å². The molecule has 0 aliphatic rings. The SMILES string of the molecule is C[C@H](NC(=O)OC(C)(C)C)C(=O)Oc1ccccn1. The molecule has 6 nitrogen and oxygen atoms in total.